The van der Waals surface area contributed by atoms with Crippen LogP contribution in [0.15, 0.2) is 40.9 Å². The second-order valence-corrected chi connectivity index (χ2v) is 5.77. The minimum atomic E-state index is -0.161. The summed E-state index contributed by atoms with van der Waals surface area (Å²) in [5.41, 5.74) is 1.35. The van der Waals surface area contributed by atoms with Gasteiger partial charge in [0.1, 0.15) is 11.5 Å². The number of carbonyl (C=O) groups excluding carboxylic acids is 1. The molecule has 0 saturated carbocycles. The number of rotatable bonds is 5. The van der Waals surface area contributed by atoms with E-state index in [1.165, 1.54) is 7.11 Å². The molecule has 2 rings (SSSR count). The van der Waals surface area contributed by atoms with Crippen LogP contribution in [0.5, 0.6) is 11.5 Å². The van der Waals surface area contributed by atoms with Gasteiger partial charge >= 0.3 is 0 Å². The van der Waals surface area contributed by atoms with E-state index in [4.69, 9.17) is 21.1 Å². The van der Waals surface area contributed by atoms with Crippen LogP contribution in [0.4, 0.5) is 0 Å². The first-order valence-electron chi connectivity index (χ1n) is 6.27. The molecule has 21 heavy (non-hydrogen) atoms. The first kappa shape index (κ1) is 15.9. The first-order valence-corrected chi connectivity index (χ1v) is 7.44. The third-order valence-corrected chi connectivity index (χ3v) is 3.69. The Morgan fingerprint density at radius 1 is 1.29 bits per heavy atom. The Kier molecular flexibility index (Phi) is 5.26. The van der Waals surface area contributed by atoms with Crippen molar-refractivity contribution in [1.29, 1.82) is 0 Å². The van der Waals surface area contributed by atoms with Crippen LogP contribution in [0, 0.1) is 6.92 Å². The Morgan fingerprint density at radius 2 is 2.00 bits per heavy atom. The van der Waals surface area contributed by atoms with Gasteiger partial charge < -0.3 is 9.47 Å². The van der Waals surface area contributed by atoms with E-state index < -0.39 is 0 Å². The van der Waals surface area contributed by atoms with Crippen LogP contribution >= 0.6 is 27.5 Å². The van der Waals surface area contributed by atoms with E-state index in [0.717, 1.165) is 10.0 Å². The second kappa shape index (κ2) is 6.96. The molecule has 0 saturated heterocycles. The van der Waals surface area contributed by atoms with E-state index in [1.807, 2.05) is 19.1 Å². The fourth-order valence-electron chi connectivity index (χ4n) is 1.96. The molecular weight excluding hydrogens is 356 g/mol. The van der Waals surface area contributed by atoms with Gasteiger partial charge in [-0.15, -0.1) is 0 Å². The van der Waals surface area contributed by atoms with Crippen molar-refractivity contribution in [3.8, 4) is 11.5 Å². The van der Waals surface area contributed by atoms with Gasteiger partial charge in [-0.05, 0) is 36.8 Å². The van der Waals surface area contributed by atoms with Crippen LogP contribution in [0.25, 0.3) is 0 Å². The molecule has 0 amide bonds. The van der Waals surface area contributed by atoms with Gasteiger partial charge in [-0.3, -0.25) is 4.79 Å². The van der Waals surface area contributed by atoms with Crippen molar-refractivity contribution in [2.45, 2.75) is 6.92 Å². The molecule has 0 radical (unpaired) electrons. The highest BCUT2D eigenvalue weighted by Gasteiger charge is 2.14. The highest BCUT2D eigenvalue weighted by Crippen LogP contribution is 2.32. The van der Waals surface area contributed by atoms with Crippen LogP contribution in [-0.4, -0.2) is 19.5 Å². The summed E-state index contributed by atoms with van der Waals surface area (Å²) in [6, 6.07) is 10.7. The normalized spacial score (nSPS) is 10.3. The molecule has 0 unspecified atom stereocenters. The van der Waals surface area contributed by atoms with Crippen LogP contribution in [0.3, 0.4) is 0 Å². The van der Waals surface area contributed by atoms with Crippen LogP contribution in [0.2, 0.25) is 5.02 Å². The van der Waals surface area contributed by atoms with E-state index >= 15 is 0 Å². The van der Waals surface area contributed by atoms with Gasteiger partial charge in [0.05, 0.1) is 17.7 Å². The summed E-state index contributed by atoms with van der Waals surface area (Å²) in [6.07, 6.45) is 0. The molecule has 0 bridgehead atoms. The molecule has 0 heterocycles. The average molecular weight is 370 g/mol. The van der Waals surface area contributed by atoms with Gasteiger partial charge in [0.15, 0.2) is 6.61 Å². The number of benzene rings is 2. The molecule has 2 aromatic rings. The molecule has 5 heteroatoms. The second-order valence-electron chi connectivity index (χ2n) is 4.45. The molecule has 3 nitrogen and oxygen atoms in total. The molecule has 0 spiro atoms. The predicted molar refractivity (Wildman–Crippen MR) is 86.7 cm³/mol. The van der Waals surface area contributed by atoms with E-state index in [0.29, 0.717) is 22.1 Å². The topological polar surface area (TPSA) is 35.5 Å². The van der Waals surface area contributed by atoms with Crippen molar-refractivity contribution in [2.75, 3.05) is 13.7 Å². The van der Waals surface area contributed by atoms with Gasteiger partial charge in [-0.25, -0.2) is 0 Å². The SMILES string of the molecule is COc1ccccc1C(=O)COc1c(C)cc(Br)cc1Cl. The zero-order chi connectivity index (χ0) is 15.4. The lowest BCUT2D eigenvalue weighted by atomic mass is 10.1. The highest BCUT2D eigenvalue weighted by molar-refractivity contribution is 9.10. The fraction of sp³-hybridized carbons (Fsp3) is 0.188. The molecule has 0 N–H and O–H groups in total. The van der Waals surface area contributed by atoms with Gasteiger partial charge in [0, 0.05) is 4.47 Å². The van der Waals surface area contributed by atoms with Gasteiger partial charge in [-0.2, -0.15) is 0 Å². The van der Waals surface area contributed by atoms with Crippen molar-refractivity contribution in [2.24, 2.45) is 0 Å². The predicted octanol–water partition coefficient (Wildman–Crippen LogP) is 4.68. The summed E-state index contributed by atoms with van der Waals surface area (Å²) < 4.78 is 11.6. The summed E-state index contributed by atoms with van der Waals surface area (Å²) in [6.45, 7) is 1.78. The third-order valence-electron chi connectivity index (χ3n) is 2.95. The molecule has 0 atom stereocenters. The Balaban J connectivity index is 2.15. The minimum Gasteiger partial charge on any atom is -0.496 e. The molecule has 0 aliphatic carbocycles. The standard InChI is InChI=1S/C16H14BrClO3/c1-10-7-11(17)8-13(18)16(10)21-9-14(19)12-5-3-4-6-15(12)20-2/h3-8H,9H2,1-2H3. The lowest BCUT2D eigenvalue weighted by Gasteiger charge is -2.12. The number of ether oxygens (including phenoxy) is 2. The Hall–Kier alpha value is -1.52. The van der Waals surface area contributed by atoms with Crippen LogP contribution in [-0.2, 0) is 0 Å². The number of methoxy groups -OCH3 is 1. The number of hydrogen-bond donors (Lipinski definition) is 0. The number of para-hydroxylation sites is 1. The number of aryl methyl sites for hydroxylation is 1. The monoisotopic (exact) mass is 368 g/mol. The number of hydrogen-bond acceptors (Lipinski definition) is 3. The maximum Gasteiger partial charge on any atom is 0.203 e. The quantitative estimate of drug-likeness (QED) is 0.718. The lowest BCUT2D eigenvalue weighted by molar-refractivity contribution is 0.0918. The van der Waals surface area contributed by atoms with E-state index in [1.54, 1.807) is 24.3 Å². The average Bonchev–Trinajstić information content (AvgIpc) is 2.45. The zero-order valence-electron chi connectivity index (χ0n) is 11.7. The third kappa shape index (κ3) is 3.77. The maximum absolute atomic E-state index is 12.2. The van der Waals surface area contributed by atoms with E-state index in [9.17, 15) is 4.79 Å². The van der Waals surface area contributed by atoms with Crippen LogP contribution < -0.4 is 9.47 Å². The van der Waals surface area contributed by atoms with Crippen molar-refractivity contribution < 1.29 is 14.3 Å². The summed E-state index contributed by atoms with van der Waals surface area (Å²) in [5.74, 6) is 0.888. The number of ketones is 1. The van der Waals surface area contributed by atoms with E-state index in [2.05, 4.69) is 15.9 Å². The molecule has 0 aliphatic rings. The number of halogens is 2. The largest absolute Gasteiger partial charge is 0.496 e. The molecule has 2 aromatic carbocycles. The van der Waals surface area contributed by atoms with Gasteiger partial charge in [0.2, 0.25) is 5.78 Å². The molecule has 110 valence electrons. The molecule has 0 aromatic heterocycles. The Bertz CT molecular complexity index is 647. The summed E-state index contributed by atoms with van der Waals surface area (Å²) in [4.78, 5) is 12.2. The highest BCUT2D eigenvalue weighted by atomic mass is 79.9. The summed E-state index contributed by atoms with van der Waals surface area (Å²) in [7, 11) is 1.53. The van der Waals surface area contributed by atoms with Gasteiger partial charge in [-0.1, -0.05) is 39.7 Å². The van der Waals surface area contributed by atoms with Crippen LogP contribution in [0.1, 0.15) is 15.9 Å². The Morgan fingerprint density at radius 3 is 2.67 bits per heavy atom. The lowest BCUT2D eigenvalue weighted by Crippen LogP contribution is -2.13. The van der Waals surface area contributed by atoms with Crippen molar-refractivity contribution >= 4 is 33.3 Å². The summed E-state index contributed by atoms with van der Waals surface area (Å²) in [5, 5.41) is 0.467. The summed E-state index contributed by atoms with van der Waals surface area (Å²) >= 11 is 9.49. The smallest absolute Gasteiger partial charge is 0.203 e. The number of Topliss-reactive ketones (excluding diaryl/α,β-unsaturated/α-hetero) is 1. The maximum atomic E-state index is 12.2. The first-order chi connectivity index (χ1) is 10.0. The minimum absolute atomic E-state index is 0.0947. The van der Waals surface area contributed by atoms with Gasteiger partial charge in [0.25, 0.3) is 0 Å². The molecule has 0 fully saturated rings. The Labute approximate surface area is 137 Å². The van der Waals surface area contributed by atoms with Crippen molar-refractivity contribution in [1.82, 2.24) is 0 Å². The fourth-order valence-corrected chi connectivity index (χ4v) is 2.99. The zero-order valence-corrected chi connectivity index (χ0v) is 14.0. The molecule has 0 aliphatic heterocycles. The van der Waals surface area contributed by atoms with E-state index in [-0.39, 0.29) is 12.4 Å². The van der Waals surface area contributed by atoms with Crippen molar-refractivity contribution in [3.05, 3.63) is 57.0 Å². The van der Waals surface area contributed by atoms with Crippen molar-refractivity contribution in [3.63, 3.8) is 0 Å². The number of carbonyl (C=O) groups is 1. The molecular formula is C16H14BrClO3.